The zero-order valence-corrected chi connectivity index (χ0v) is 14.5. The molecule has 0 saturated heterocycles. The van der Waals surface area contributed by atoms with E-state index in [1.807, 2.05) is 0 Å². The predicted molar refractivity (Wildman–Crippen MR) is 93.6 cm³/mol. The molecule has 6 fully saturated rings. The first-order chi connectivity index (χ1) is 10.7. The van der Waals surface area contributed by atoms with E-state index in [-0.39, 0.29) is 0 Å². The topological polar surface area (TPSA) is 24.1 Å². The second kappa shape index (κ2) is 5.09. The van der Waals surface area contributed by atoms with Crippen molar-refractivity contribution in [1.29, 1.82) is 0 Å². The minimum Gasteiger partial charge on any atom is -0.362 e. The van der Waals surface area contributed by atoms with Gasteiger partial charge in [-0.1, -0.05) is 6.42 Å². The van der Waals surface area contributed by atoms with Gasteiger partial charge in [-0.05, 0) is 106 Å². The lowest BCUT2D eigenvalue weighted by molar-refractivity contribution is -0.0102. The number of fused-ring (bicyclic) bond motifs is 2. The van der Waals surface area contributed by atoms with E-state index in [1.54, 1.807) is 0 Å². The lowest BCUT2D eigenvalue weighted by Crippen LogP contribution is -2.61. The molecule has 0 radical (unpaired) electrons. The first-order valence-electron chi connectivity index (χ1n) is 9.73. The summed E-state index contributed by atoms with van der Waals surface area (Å²) in [6.07, 6.45) is 14.6. The van der Waals surface area contributed by atoms with Crippen LogP contribution in [0.25, 0.3) is 0 Å². The first-order valence-corrected chi connectivity index (χ1v) is 10.1. The number of nitrogens with one attached hydrogen (secondary N) is 2. The standard InChI is InChI=1S/C19H30N2S/c22-18(20-11-17-7-12-1-2-16(17)6-12)21-19-8-13-3-14(9-19)5-15(4-13)10-19/h12-17H,1-11H2,(H2,20,21,22)/t12-,13?,14?,15?,16-,17-,19?/m0/s1. The summed E-state index contributed by atoms with van der Waals surface area (Å²) in [5.41, 5.74) is 0.369. The Hall–Kier alpha value is -0.310. The van der Waals surface area contributed by atoms with E-state index >= 15 is 0 Å². The molecule has 6 rings (SSSR count). The van der Waals surface area contributed by atoms with Crippen molar-refractivity contribution < 1.29 is 0 Å². The van der Waals surface area contributed by atoms with E-state index in [9.17, 15) is 0 Å². The average molecular weight is 319 g/mol. The molecular weight excluding hydrogens is 288 g/mol. The highest BCUT2D eigenvalue weighted by Gasteiger charge is 2.51. The van der Waals surface area contributed by atoms with Crippen molar-refractivity contribution in [2.75, 3.05) is 6.54 Å². The third kappa shape index (κ3) is 2.39. The maximum Gasteiger partial charge on any atom is 0.166 e. The van der Waals surface area contributed by atoms with Crippen LogP contribution in [0.15, 0.2) is 0 Å². The average Bonchev–Trinajstić information content (AvgIpc) is 3.05. The van der Waals surface area contributed by atoms with Crippen LogP contribution in [0.2, 0.25) is 0 Å². The van der Waals surface area contributed by atoms with Crippen LogP contribution >= 0.6 is 12.2 Å². The predicted octanol–water partition coefficient (Wildman–Crippen LogP) is 3.86. The summed E-state index contributed by atoms with van der Waals surface area (Å²) in [4.78, 5) is 0. The molecule has 2 nitrogen and oxygen atoms in total. The van der Waals surface area contributed by atoms with Crippen molar-refractivity contribution in [3.63, 3.8) is 0 Å². The summed E-state index contributed by atoms with van der Waals surface area (Å²) in [7, 11) is 0. The van der Waals surface area contributed by atoms with Crippen molar-refractivity contribution in [2.45, 2.75) is 69.7 Å². The van der Waals surface area contributed by atoms with Gasteiger partial charge in [-0.3, -0.25) is 0 Å². The van der Waals surface area contributed by atoms with Crippen LogP contribution in [-0.4, -0.2) is 17.2 Å². The Morgan fingerprint density at radius 3 is 2.09 bits per heavy atom. The van der Waals surface area contributed by atoms with Crippen molar-refractivity contribution in [3.8, 4) is 0 Å². The molecule has 0 heterocycles. The maximum atomic E-state index is 5.69. The van der Waals surface area contributed by atoms with Gasteiger partial charge in [-0.25, -0.2) is 0 Å². The van der Waals surface area contributed by atoms with Gasteiger partial charge in [-0.2, -0.15) is 0 Å². The molecule has 0 aromatic carbocycles. The third-order valence-electron chi connectivity index (χ3n) is 7.83. The normalized spacial score (nSPS) is 51.3. The Kier molecular flexibility index (Phi) is 3.26. The van der Waals surface area contributed by atoms with E-state index in [4.69, 9.17) is 12.2 Å². The number of thiocarbonyl (C=S) groups is 1. The molecule has 0 spiro atoms. The number of hydrogen-bond acceptors (Lipinski definition) is 1. The van der Waals surface area contributed by atoms with E-state index in [2.05, 4.69) is 10.6 Å². The first kappa shape index (κ1) is 14.1. The van der Waals surface area contributed by atoms with Crippen LogP contribution in [0, 0.1) is 35.5 Å². The molecule has 22 heavy (non-hydrogen) atoms. The van der Waals surface area contributed by atoms with Gasteiger partial charge in [0.1, 0.15) is 0 Å². The van der Waals surface area contributed by atoms with Crippen LogP contribution in [0.4, 0.5) is 0 Å². The summed E-state index contributed by atoms with van der Waals surface area (Å²) in [5.74, 6) is 5.92. The zero-order chi connectivity index (χ0) is 14.7. The summed E-state index contributed by atoms with van der Waals surface area (Å²) in [6, 6.07) is 0. The fourth-order valence-electron chi connectivity index (χ4n) is 7.40. The van der Waals surface area contributed by atoms with Gasteiger partial charge in [0.05, 0.1) is 0 Å². The smallest absolute Gasteiger partial charge is 0.166 e. The molecular formula is C19H30N2S. The van der Waals surface area contributed by atoms with Crippen LogP contribution in [0.5, 0.6) is 0 Å². The molecule has 122 valence electrons. The fraction of sp³-hybridized carbons (Fsp3) is 0.947. The fourth-order valence-corrected chi connectivity index (χ4v) is 7.70. The molecule has 6 aliphatic carbocycles. The highest BCUT2D eigenvalue weighted by atomic mass is 32.1. The molecule has 3 heteroatoms. The lowest BCUT2D eigenvalue weighted by Gasteiger charge is -2.57. The van der Waals surface area contributed by atoms with Gasteiger partial charge in [0.25, 0.3) is 0 Å². The SMILES string of the molecule is S=C(NC[C@@H]1C[C@H]2CC[C@H]1C2)NC12CC3CC(CC(C3)C1)C2. The van der Waals surface area contributed by atoms with Crippen LogP contribution in [-0.2, 0) is 0 Å². The minimum atomic E-state index is 0.369. The Morgan fingerprint density at radius 2 is 1.55 bits per heavy atom. The molecule has 0 aromatic heterocycles. The second-order valence-electron chi connectivity index (χ2n) is 9.47. The summed E-state index contributed by atoms with van der Waals surface area (Å²) in [6.45, 7) is 1.12. The Balaban J connectivity index is 1.17. The van der Waals surface area contributed by atoms with E-state index in [0.717, 1.165) is 47.2 Å². The summed E-state index contributed by atoms with van der Waals surface area (Å²) < 4.78 is 0. The van der Waals surface area contributed by atoms with E-state index in [0.29, 0.717) is 5.54 Å². The zero-order valence-electron chi connectivity index (χ0n) is 13.7. The molecule has 0 unspecified atom stereocenters. The van der Waals surface area contributed by atoms with Crippen molar-refractivity contribution >= 4 is 17.3 Å². The number of rotatable bonds is 3. The van der Waals surface area contributed by atoms with Gasteiger partial charge >= 0.3 is 0 Å². The Morgan fingerprint density at radius 1 is 0.864 bits per heavy atom. The molecule has 0 amide bonds. The molecule has 3 atom stereocenters. The van der Waals surface area contributed by atoms with Gasteiger partial charge in [0.2, 0.25) is 0 Å². The molecule has 2 N–H and O–H groups in total. The van der Waals surface area contributed by atoms with Gasteiger partial charge in [0, 0.05) is 12.1 Å². The summed E-state index contributed by atoms with van der Waals surface area (Å²) in [5, 5.41) is 8.38. The highest BCUT2D eigenvalue weighted by Crippen LogP contribution is 2.55. The third-order valence-corrected chi connectivity index (χ3v) is 8.07. The molecule has 6 saturated carbocycles. The Labute approximate surface area is 140 Å². The van der Waals surface area contributed by atoms with Crippen LogP contribution in [0.1, 0.15) is 64.2 Å². The molecule has 6 bridgehead atoms. The summed E-state index contributed by atoms with van der Waals surface area (Å²) >= 11 is 5.69. The van der Waals surface area contributed by atoms with Crippen molar-refractivity contribution in [2.24, 2.45) is 35.5 Å². The lowest BCUT2D eigenvalue weighted by atomic mass is 9.53. The van der Waals surface area contributed by atoms with Gasteiger partial charge in [0.15, 0.2) is 5.11 Å². The number of hydrogen-bond donors (Lipinski definition) is 2. The second-order valence-corrected chi connectivity index (χ2v) is 9.88. The maximum absolute atomic E-state index is 5.69. The van der Waals surface area contributed by atoms with Crippen LogP contribution < -0.4 is 10.6 Å². The van der Waals surface area contributed by atoms with Crippen LogP contribution in [0.3, 0.4) is 0 Å². The van der Waals surface area contributed by atoms with Gasteiger partial charge in [-0.15, -0.1) is 0 Å². The molecule has 0 aliphatic heterocycles. The van der Waals surface area contributed by atoms with E-state index in [1.165, 1.54) is 64.2 Å². The highest BCUT2D eigenvalue weighted by molar-refractivity contribution is 7.80. The minimum absolute atomic E-state index is 0.369. The van der Waals surface area contributed by atoms with Crippen molar-refractivity contribution in [1.82, 2.24) is 10.6 Å². The van der Waals surface area contributed by atoms with Gasteiger partial charge < -0.3 is 10.6 Å². The van der Waals surface area contributed by atoms with Crippen molar-refractivity contribution in [3.05, 3.63) is 0 Å². The largest absolute Gasteiger partial charge is 0.362 e. The molecule has 6 aliphatic rings. The monoisotopic (exact) mass is 318 g/mol. The Bertz CT molecular complexity index is 439. The van der Waals surface area contributed by atoms with E-state index < -0.39 is 0 Å². The molecule has 0 aromatic rings. The quantitative estimate of drug-likeness (QED) is 0.773.